The number of nitrogens with one attached hydrogen (secondary N) is 2. The third-order valence-corrected chi connectivity index (χ3v) is 8.40. The maximum atomic E-state index is 14.0. The van der Waals surface area contributed by atoms with E-state index in [1.807, 2.05) is 0 Å². The maximum Gasteiger partial charge on any atom is 0.389 e. The van der Waals surface area contributed by atoms with E-state index < -0.39 is 42.9 Å². The van der Waals surface area contributed by atoms with Crippen molar-refractivity contribution < 1.29 is 31.5 Å². The second kappa shape index (κ2) is 10.9. The molecule has 0 aromatic carbocycles. The molecule has 42 heavy (non-hydrogen) atoms. The van der Waals surface area contributed by atoms with Crippen molar-refractivity contribution in [2.75, 3.05) is 0 Å². The highest BCUT2D eigenvalue weighted by Gasteiger charge is 2.40. The van der Waals surface area contributed by atoms with E-state index in [0.29, 0.717) is 22.6 Å². The Morgan fingerprint density at radius 2 is 1.71 bits per heavy atom. The molecule has 0 spiro atoms. The molecule has 2 N–H and O–H groups in total. The molecule has 0 bridgehead atoms. The third-order valence-electron chi connectivity index (χ3n) is 8.40. The topological polar surface area (TPSA) is 106 Å². The lowest BCUT2D eigenvalue weighted by Gasteiger charge is -2.33. The van der Waals surface area contributed by atoms with Crippen molar-refractivity contribution in [3.8, 4) is 0 Å². The van der Waals surface area contributed by atoms with Gasteiger partial charge in [0.2, 0.25) is 11.8 Å². The molecule has 14 heteroatoms. The standard InChI is InChI=1S/C28H32F5N7O2/c29-27(30)9-5-17(6-10-27)25(38-26(42)21-8-12-34-40(21)19-3-4-19)20-15-39-22(36-20)13-18(14-35-39)24(16-1-2-16)37-23(41)7-11-28(31,32)33/h8,12-17,19,24-25H,1-7,9-11H2,(H,37,41)(H,38,42)/t24?,25-/m0/s1. The average Bonchev–Trinajstić information content (AvgIpc) is 3.87. The van der Waals surface area contributed by atoms with E-state index in [1.54, 1.807) is 35.4 Å². The van der Waals surface area contributed by atoms with Gasteiger partial charge in [0.1, 0.15) is 5.69 Å². The van der Waals surface area contributed by atoms with Gasteiger partial charge in [-0.3, -0.25) is 14.3 Å². The number of carbonyl (C=O) groups excluding carboxylic acids is 2. The molecule has 3 aliphatic rings. The van der Waals surface area contributed by atoms with Gasteiger partial charge in [0, 0.05) is 25.5 Å². The molecule has 1 unspecified atom stereocenters. The van der Waals surface area contributed by atoms with Crippen LogP contribution in [0.15, 0.2) is 30.7 Å². The van der Waals surface area contributed by atoms with Gasteiger partial charge in [-0.15, -0.1) is 0 Å². The number of hydrogen-bond acceptors (Lipinski definition) is 5. The number of fused-ring (bicyclic) bond motifs is 1. The largest absolute Gasteiger partial charge is 0.389 e. The molecule has 0 radical (unpaired) electrons. The minimum absolute atomic E-state index is 0.0887. The fraction of sp³-hybridized carbons (Fsp3) is 0.607. The lowest BCUT2D eigenvalue weighted by Crippen LogP contribution is -2.38. The van der Waals surface area contributed by atoms with Crippen molar-refractivity contribution in [1.29, 1.82) is 0 Å². The van der Waals surface area contributed by atoms with Crippen LogP contribution in [0, 0.1) is 11.8 Å². The van der Waals surface area contributed by atoms with Crippen molar-refractivity contribution in [3.05, 3.63) is 47.7 Å². The zero-order valence-corrected chi connectivity index (χ0v) is 22.8. The first-order valence-electron chi connectivity index (χ1n) is 14.4. The Bertz CT molecular complexity index is 1450. The number of imidazole rings is 1. The Labute approximate surface area is 238 Å². The van der Waals surface area contributed by atoms with Gasteiger partial charge >= 0.3 is 6.18 Å². The van der Waals surface area contributed by atoms with Gasteiger partial charge in [0.05, 0.1) is 42.6 Å². The summed E-state index contributed by atoms with van der Waals surface area (Å²) >= 11 is 0. The minimum atomic E-state index is -4.42. The molecule has 3 saturated carbocycles. The number of rotatable bonds is 10. The zero-order valence-electron chi connectivity index (χ0n) is 22.8. The van der Waals surface area contributed by atoms with Crippen molar-refractivity contribution in [3.63, 3.8) is 0 Å². The van der Waals surface area contributed by atoms with E-state index in [4.69, 9.17) is 4.98 Å². The summed E-state index contributed by atoms with van der Waals surface area (Å²) in [6, 6.07) is 2.39. The second-order valence-electron chi connectivity index (χ2n) is 11.8. The number of halogens is 5. The first-order valence-corrected chi connectivity index (χ1v) is 14.4. The predicted molar refractivity (Wildman–Crippen MR) is 139 cm³/mol. The Morgan fingerprint density at radius 1 is 1.00 bits per heavy atom. The van der Waals surface area contributed by atoms with E-state index in [-0.39, 0.29) is 49.5 Å². The highest BCUT2D eigenvalue weighted by molar-refractivity contribution is 5.92. The summed E-state index contributed by atoms with van der Waals surface area (Å²) in [7, 11) is 0. The van der Waals surface area contributed by atoms with E-state index in [2.05, 4.69) is 20.8 Å². The summed E-state index contributed by atoms with van der Waals surface area (Å²) in [4.78, 5) is 30.4. The Kier molecular flexibility index (Phi) is 7.42. The van der Waals surface area contributed by atoms with Crippen LogP contribution in [0.4, 0.5) is 22.0 Å². The first-order chi connectivity index (χ1) is 20.0. The number of alkyl halides is 5. The Hall–Kier alpha value is -3.58. The fourth-order valence-corrected chi connectivity index (χ4v) is 5.78. The van der Waals surface area contributed by atoms with Crippen LogP contribution in [-0.4, -0.2) is 48.3 Å². The van der Waals surface area contributed by atoms with Gasteiger partial charge in [-0.2, -0.15) is 23.4 Å². The van der Waals surface area contributed by atoms with E-state index in [9.17, 15) is 31.5 Å². The van der Waals surface area contributed by atoms with Gasteiger partial charge in [-0.1, -0.05) is 0 Å². The molecule has 9 nitrogen and oxygen atoms in total. The third kappa shape index (κ3) is 6.57. The first kappa shape index (κ1) is 28.5. The van der Waals surface area contributed by atoms with Crippen molar-refractivity contribution in [1.82, 2.24) is 35.0 Å². The molecule has 6 rings (SSSR count). The van der Waals surface area contributed by atoms with E-state index >= 15 is 0 Å². The van der Waals surface area contributed by atoms with E-state index in [1.165, 1.54) is 4.52 Å². The van der Waals surface area contributed by atoms with Gasteiger partial charge in [-0.25, -0.2) is 18.3 Å². The zero-order chi connectivity index (χ0) is 29.6. The normalized spacial score (nSPS) is 20.8. The summed E-state index contributed by atoms with van der Waals surface area (Å²) in [6.07, 6.45) is 1.89. The maximum absolute atomic E-state index is 14.0. The van der Waals surface area contributed by atoms with Crippen LogP contribution < -0.4 is 10.6 Å². The molecule has 2 amide bonds. The molecule has 226 valence electrons. The highest BCUT2D eigenvalue weighted by Crippen LogP contribution is 2.43. The summed E-state index contributed by atoms with van der Waals surface area (Å²) in [5, 5.41) is 14.5. The number of amides is 2. The smallest absolute Gasteiger partial charge is 0.349 e. The SMILES string of the molecule is O=C(CCC(F)(F)F)NC(c1cnn2cc([C@@H](NC(=O)c3ccnn3C3CC3)C3CCC(F)(F)CC3)nc2c1)C1CC1. The number of aromatic nitrogens is 5. The van der Waals surface area contributed by atoms with Crippen LogP contribution in [0.1, 0.15) is 104 Å². The van der Waals surface area contributed by atoms with Crippen molar-refractivity contribution in [2.24, 2.45) is 11.8 Å². The molecular formula is C28H32F5N7O2. The van der Waals surface area contributed by atoms with Gasteiger partial charge in [0.15, 0.2) is 5.65 Å². The lowest BCUT2D eigenvalue weighted by molar-refractivity contribution is -0.144. The predicted octanol–water partition coefficient (Wildman–Crippen LogP) is 5.47. The quantitative estimate of drug-likeness (QED) is 0.304. The van der Waals surface area contributed by atoms with Crippen LogP contribution >= 0.6 is 0 Å². The van der Waals surface area contributed by atoms with Gasteiger partial charge < -0.3 is 10.6 Å². The molecule has 3 heterocycles. The molecule has 3 aromatic rings. The molecule has 0 saturated heterocycles. The fourth-order valence-electron chi connectivity index (χ4n) is 5.78. The number of hydrogen-bond donors (Lipinski definition) is 2. The van der Waals surface area contributed by atoms with Gasteiger partial charge in [-0.05, 0) is 68.1 Å². The van der Waals surface area contributed by atoms with E-state index in [0.717, 1.165) is 25.7 Å². The highest BCUT2D eigenvalue weighted by atomic mass is 19.4. The molecule has 3 aromatic heterocycles. The minimum Gasteiger partial charge on any atom is -0.349 e. The Balaban J connectivity index is 1.25. The summed E-state index contributed by atoms with van der Waals surface area (Å²) in [5.41, 5.74) is 1.91. The summed E-state index contributed by atoms with van der Waals surface area (Å²) < 4.78 is 69.1. The Morgan fingerprint density at radius 3 is 2.38 bits per heavy atom. The molecular weight excluding hydrogens is 561 g/mol. The van der Waals surface area contributed by atoms with Crippen LogP contribution in [0.5, 0.6) is 0 Å². The number of carbonyl (C=O) groups is 2. The van der Waals surface area contributed by atoms with Crippen LogP contribution in [-0.2, 0) is 4.79 Å². The average molecular weight is 594 g/mol. The summed E-state index contributed by atoms with van der Waals surface area (Å²) in [5.74, 6) is -3.97. The van der Waals surface area contributed by atoms with Crippen molar-refractivity contribution in [2.45, 2.75) is 94.4 Å². The lowest BCUT2D eigenvalue weighted by atomic mass is 9.81. The summed E-state index contributed by atoms with van der Waals surface area (Å²) in [6.45, 7) is 0. The monoisotopic (exact) mass is 593 g/mol. The second-order valence-corrected chi connectivity index (χ2v) is 11.8. The van der Waals surface area contributed by atoms with Crippen LogP contribution in [0.2, 0.25) is 0 Å². The van der Waals surface area contributed by atoms with Gasteiger partial charge in [0.25, 0.3) is 5.91 Å². The molecule has 3 aliphatic carbocycles. The number of nitrogens with zero attached hydrogens (tertiary/aromatic N) is 5. The van der Waals surface area contributed by atoms with Crippen LogP contribution in [0.3, 0.4) is 0 Å². The van der Waals surface area contributed by atoms with Crippen LogP contribution in [0.25, 0.3) is 5.65 Å². The molecule has 3 fully saturated rings. The molecule has 2 atom stereocenters. The molecule has 0 aliphatic heterocycles. The van der Waals surface area contributed by atoms with Crippen molar-refractivity contribution >= 4 is 17.5 Å².